The minimum atomic E-state index is -0.0974. The highest BCUT2D eigenvalue weighted by Gasteiger charge is 2.08. The molecule has 2 nitrogen and oxygen atoms in total. The van der Waals surface area contributed by atoms with Crippen LogP contribution in [0.15, 0.2) is 46.9 Å². The van der Waals surface area contributed by atoms with Gasteiger partial charge < -0.3 is 5.32 Å². The Bertz CT molecular complexity index is 598. The summed E-state index contributed by atoms with van der Waals surface area (Å²) in [5.41, 5.74) is 2.56. The molecule has 1 N–H and O–H groups in total. The van der Waals surface area contributed by atoms with Crippen LogP contribution >= 0.6 is 38.5 Å². The molecule has 0 saturated heterocycles. The lowest BCUT2D eigenvalue weighted by Gasteiger charge is -2.08. The molecule has 4 heteroatoms. The summed E-state index contributed by atoms with van der Waals surface area (Å²) in [6.07, 6.45) is 0. The van der Waals surface area contributed by atoms with Crippen LogP contribution in [0.2, 0.25) is 0 Å². The maximum atomic E-state index is 12.1. The fourth-order valence-corrected chi connectivity index (χ4v) is 2.45. The van der Waals surface area contributed by atoms with Gasteiger partial charge in [-0.2, -0.15) is 0 Å². The Kier molecular flexibility index (Phi) is 4.40. The number of amides is 1. The van der Waals surface area contributed by atoms with Crippen LogP contribution in [0.5, 0.6) is 0 Å². The van der Waals surface area contributed by atoms with Crippen molar-refractivity contribution in [3.05, 3.63) is 61.6 Å². The van der Waals surface area contributed by atoms with Crippen molar-refractivity contribution < 1.29 is 4.79 Å². The molecule has 0 atom stereocenters. The van der Waals surface area contributed by atoms with E-state index in [0.717, 1.165) is 19.3 Å². The molecule has 2 aromatic rings. The van der Waals surface area contributed by atoms with Gasteiger partial charge in [0.25, 0.3) is 5.91 Å². The maximum Gasteiger partial charge on any atom is 0.255 e. The molecule has 0 fully saturated rings. The molecule has 0 spiro atoms. The Labute approximate surface area is 128 Å². The van der Waals surface area contributed by atoms with Crippen LogP contribution in [0, 0.1) is 10.5 Å². The number of halogens is 2. The van der Waals surface area contributed by atoms with E-state index < -0.39 is 0 Å². The average Bonchev–Trinajstić information content (AvgIpc) is 2.34. The summed E-state index contributed by atoms with van der Waals surface area (Å²) in [5, 5.41) is 2.91. The van der Waals surface area contributed by atoms with Gasteiger partial charge in [0.2, 0.25) is 0 Å². The van der Waals surface area contributed by atoms with Crippen molar-refractivity contribution in [1.29, 1.82) is 0 Å². The van der Waals surface area contributed by atoms with Crippen LogP contribution in [0.4, 0.5) is 5.69 Å². The number of hydrogen-bond acceptors (Lipinski definition) is 1. The maximum absolute atomic E-state index is 12.1. The van der Waals surface area contributed by atoms with Crippen LogP contribution in [-0.4, -0.2) is 5.91 Å². The Morgan fingerprint density at radius 3 is 2.72 bits per heavy atom. The zero-order valence-electron chi connectivity index (χ0n) is 9.71. The molecule has 0 aliphatic heterocycles. The minimum Gasteiger partial charge on any atom is -0.321 e. The topological polar surface area (TPSA) is 29.1 Å². The quantitative estimate of drug-likeness (QED) is 0.712. The van der Waals surface area contributed by atoms with E-state index in [1.54, 1.807) is 6.07 Å². The number of anilines is 1. The molecule has 0 saturated carbocycles. The summed E-state index contributed by atoms with van der Waals surface area (Å²) in [5.74, 6) is -0.0974. The number of carbonyl (C=O) groups is 1. The minimum absolute atomic E-state index is 0.0974. The first kappa shape index (κ1) is 13.5. The van der Waals surface area contributed by atoms with E-state index in [1.807, 2.05) is 43.3 Å². The summed E-state index contributed by atoms with van der Waals surface area (Å²) < 4.78 is 1.93. The number of benzene rings is 2. The van der Waals surface area contributed by atoms with Gasteiger partial charge >= 0.3 is 0 Å². The highest BCUT2D eigenvalue weighted by atomic mass is 127. The molecular formula is C14H11BrINO. The van der Waals surface area contributed by atoms with Crippen LogP contribution < -0.4 is 5.32 Å². The van der Waals surface area contributed by atoms with E-state index in [2.05, 4.69) is 43.8 Å². The summed E-state index contributed by atoms with van der Waals surface area (Å²) in [6, 6.07) is 13.4. The molecule has 2 aromatic carbocycles. The van der Waals surface area contributed by atoms with Gasteiger partial charge in [-0.05, 0) is 81.3 Å². The first-order valence-electron chi connectivity index (χ1n) is 5.39. The van der Waals surface area contributed by atoms with Crippen molar-refractivity contribution >= 4 is 50.1 Å². The number of nitrogens with one attached hydrogen (secondary N) is 1. The molecule has 0 aromatic heterocycles. The van der Waals surface area contributed by atoms with Crippen molar-refractivity contribution in [2.24, 2.45) is 0 Å². The molecule has 0 heterocycles. The number of aryl methyl sites for hydroxylation is 1. The third-order valence-electron chi connectivity index (χ3n) is 2.46. The lowest BCUT2D eigenvalue weighted by Crippen LogP contribution is -2.12. The third-order valence-corrected chi connectivity index (χ3v) is 3.82. The van der Waals surface area contributed by atoms with E-state index in [4.69, 9.17) is 0 Å². The second-order valence-electron chi connectivity index (χ2n) is 3.95. The van der Waals surface area contributed by atoms with Gasteiger partial charge in [0.1, 0.15) is 0 Å². The molecule has 18 heavy (non-hydrogen) atoms. The van der Waals surface area contributed by atoms with Crippen LogP contribution in [0.1, 0.15) is 15.9 Å². The zero-order chi connectivity index (χ0) is 13.1. The first-order valence-corrected chi connectivity index (χ1v) is 7.26. The van der Waals surface area contributed by atoms with Crippen molar-refractivity contribution in [2.75, 3.05) is 5.32 Å². The molecule has 92 valence electrons. The van der Waals surface area contributed by atoms with E-state index in [9.17, 15) is 4.79 Å². The van der Waals surface area contributed by atoms with Crippen LogP contribution in [0.25, 0.3) is 0 Å². The van der Waals surface area contributed by atoms with E-state index in [0.29, 0.717) is 5.56 Å². The monoisotopic (exact) mass is 415 g/mol. The average molecular weight is 416 g/mol. The number of hydrogen-bond donors (Lipinski definition) is 1. The van der Waals surface area contributed by atoms with Gasteiger partial charge in [-0.25, -0.2) is 0 Å². The summed E-state index contributed by atoms with van der Waals surface area (Å²) in [6.45, 7) is 1.99. The predicted molar refractivity (Wildman–Crippen MR) is 86.0 cm³/mol. The highest BCUT2D eigenvalue weighted by Crippen LogP contribution is 2.24. The Hall–Kier alpha value is -0.880. The van der Waals surface area contributed by atoms with Gasteiger partial charge in [-0.1, -0.05) is 12.1 Å². The van der Waals surface area contributed by atoms with Gasteiger partial charge in [-0.15, -0.1) is 0 Å². The molecular weight excluding hydrogens is 405 g/mol. The molecule has 1 amide bonds. The van der Waals surface area contributed by atoms with E-state index >= 15 is 0 Å². The lowest BCUT2D eigenvalue weighted by atomic mass is 10.2. The smallest absolute Gasteiger partial charge is 0.255 e. The first-order chi connectivity index (χ1) is 8.56. The van der Waals surface area contributed by atoms with Crippen LogP contribution in [0.3, 0.4) is 0 Å². The van der Waals surface area contributed by atoms with E-state index in [-0.39, 0.29) is 5.91 Å². The SMILES string of the molecule is Cc1ccc(Br)c(NC(=O)c2cccc(I)c2)c1. The highest BCUT2D eigenvalue weighted by molar-refractivity contribution is 14.1. The Morgan fingerprint density at radius 2 is 2.00 bits per heavy atom. The fourth-order valence-electron chi connectivity index (χ4n) is 1.56. The van der Waals surface area contributed by atoms with Gasteiger partial charge in [0.15, 0.2) is 0 Å². The standard InChI is InChI=1S/C14H11BrINO/c1-9-5-6-12(15)13(7-9)17-14(18)10-3-2-4-11(16)8-10/h2-8H,1H3,(H,17,18). The molecule has 0 aliphatic rings. The van der Waals surface area contributed by atoms with Crippen molar-refractivity contribution in [2.45, 2.75) is 6.92 Å². The summed E-state index contributed by atoms with van der Waals surface area (Å²) >= 11 is 5.62. The molecule has 0 radical (unpaired) electrons. The molecule has 0 aliphatic carbocycles. The normalized spacial score (nSPS) is 10.2. The predicted octanol–water partition coefficient (Wildman–Crippen LogP) is 4.61. The van der Waals surface area contributed by atoms with Gasteiger partial charge in [-0.3, -0.25) is 4.79 Å². The van der Waals surface area contributed by atoms with Crippen LogP contribution in [-0.2, 0) is 0 Å². The zero-order valence-corrected chi connectivity index (χ0v) is 13.4. The number of carbonyl (C=O) groups excluding carboxylic acids is 1. The molecule has 2 rings (SSSR count). The second kappa shape index (κ2) is 5.84. The van der Waals surface area contributed by atoms with Crippen molar-refractivity contribution in [1.82, 2.24) is 0 Å². The summed E-state index contributed by atoms with van der Waals surface area (Å²) in [7, 11) is 0. The molecule has 0 unspecified atom stereocenters. The van der Waals surface area contributed by atoms with Crippen molar-refractivity contribution in [3.8, 4) is 0 Å². The van der Waals surface area contributed by atoms with E-state index in [1.165, 1.54) is 0 Å². The Balaban J connectivity index is 2.24. The van der Waals surface area contributed by atoms with Gasteiger partial charge in [0, 0.05) is 13.6 Å². The van der Waals surface area contributed by atoms with Gasteiger partial charge in [0.05, 0.1) is 5.69 Å². The Morgan fingerprint density at radius 1 is 1.22 bits per heavy atom. The second-order valence-corrected chi connectivity index (χ2v) is 6.05. The van der Waals surface area contributed by atoms with Crippen molar-refractivity contribution in [3.63, 3.8) is 0 Å². The largest absolute Gasteiger partial charge is 0.321 e. The lowest BCUT2D eigenvalue weighted by molar-refractivity contribution is 0.102. The third kappa shape index (κ3) is 3.32. The molecule has 0 bridgehead atoms. The summed E-state index contributed by atoms with van der Waals surface area (Å²) in [4.78, 5) is 12.1. The number of rotatable bonds is 2. The fraction of sp³-hybridized carbons (Fsp3) is 0.0714.